The van der Waals surface area contributed by atoms with Gasteiger partial charge in [0.05, 0.1) is 18.6 Å². The zero-order valence-corrected chi connectivity index (χ0v) is 6.32. The lowest BCUT2D eigenvalue weighted by molar-refractivity contribution is 0.205. The maximum Gasteiger partial charge on any atom is 0.0760 e. The highest BCUT2D eigenvalue weighted by Gasteiger charge is 2.00. The van der Waals surface area contributed by atoms with Gasteiger partial charge in [0, 0.05) is 5.75 Å². The quantitative estimate of drug-likeness (QED) is 0.642. The maximum atomic E-state index is 8.94. The van der Waals surface area contributed by atoms with Crippen molar-refractivity contribution in [2.24, 2.45) is 0 Å². The van der Waals surface area contributed by atoms with Crippen LogP contribution in [-0.4, -0.2) is 22.7 Å². The average molecular weight is 145 g/mol. The van der Waals surface area contributed by atoms with Crippen LogP contribution in [0, 0.1) is 11.3 Å². The summed E-state index contributed by atoms with van der Waals surface area (Å²) in [6.45, 7) is 2.03. The Balaban J connectivity index is 3.08. The molecule has 0 aliphatic rings. The van der Waals surface area contributed by atoms with Crippen LogP contribution in [0.2, 0.25) is 0 Å². The predicted octanol–water partition coefficient (Wildman–Crippen LogP) is 1.01. The van der Waals surface area contributed by atoms with E-state index in [1.165, 1.54) is 0 Å². The lowest BCUT2D eigenvalue weighted by atomic mass is 10.3. The van der Waals surface area contributed by atoms with Gasteiger partial charge in [0.15, 0.2) is 0 Å². The number of rotatable bonds is 4. The number of hydrogen-bond donors (Lipinski definition) is 1. The van der Waals surface area contributed by atoms with Crippen molar-refractivity contribution in [1.29, 1.82) is 5.26 Å². The summed E-state index contributed by atoms with van der Waals surface area (Å²) < 4.78 is 0. The first-order chi connectivity index (χ1) is 4.31. The van der Waals surface area contributed by atoms with Crippen LogP contribution in [0.3, 0.4) is 0 Å². The molecular weight excluding hydrogens is 134 g/mol. The molecule has 1 N–H and O–H groups in total. The molecule has 0 aliphatic heterocycles. The minimum absolute atomic E-state index is 0.257. The third-order valence-corrected chi connectivity index (χ3v) is 1.87. The van der Waals surface area contributed by atoms with Crippen LogP contribution in [-0.2, 0) is 0 Å². The molecule has 52 valence electrons. The first kappa shape index (κ1) is 8.80. The van der Waals surface area contributed by atoms with Gasteiger partial charge < -0.3 is 5.11 Å². The molecule has 0 spiro atoms. The van der Waals surface area contributed by atoms with Gasteiger partial charge in [-0.3, -0.25) is 0 Å². The van der Waals surface area contributed by atoms with E-state index in [-0.39, 0.29) is 6.42 Å². The Labute approximate surface area is 59.9 Å². The van der Waals surface area contributed by atoms with Crippen molar-refractivity contribution in [1.82, 2.24) is 0 Å². The molecule has 0 aromatic carbocycles. The Morgan fingerprint density at radius 2 is 2.44 bits per heavy atom. The van der Waals surface area contributed by atoms with Crippen molar-refractivity contribution in [3.8, 4) is 6.07 Å². The van der Waals surface area contributed by atoms with Crippen molar-refractivity contribution in [2.45, 2.75) is 19.4 Å². The molecule has 0 radical (unpaired) electrons. The van der Waals surface area contributed by atoms with E-state index in [2.05, 4.69) is 0 Å². The summed E-state index contributed by atoms with van der Waals surface area (Å²) in [5.74, 6) is 1.69. The van der Waals surface area contributed by atoms with Gasteiger partial charge in [0.25, 0.3) is 0 Å². The van der Waals surface area contributed by atoms with E-state index < -0.39 is 6.10 Å². The molecule has 0 rings (SSSR count). The standard InChI is InChI=1S/C6H11NOS/c1-2-9-5-6(8)3-4-7/h6,8H,2-3,5H2,1H3. The number of aliphatic hydroxyl groups is 1. The third-order valence-electron chi connectivity index (χ3n) is 0.841. The zero-order chi connectivity index (χ0) is 7.11. The average Bonchev–Trinajstić information content (AvgIpc) is 1.85. The number of nitrogens with zero attached hydrogens (tertiary/aromatic N) is 1. The van der Waals surface area contributed by atoms with Crippen LogP contribution in [0.5, 0.6) is 0 Å². The van der Waals surface area contributed by atoms with Gasteiger partial charge >= 0.3 is 0 Å². The van der Waals surface area contributed by atoms with Gasteiger partial charge in [-0.1, -0.05) is 6.92 Å². The van der Waals surface area contributed by atoms with Crippen molar-refractivity contribution >= 4 is 11.8 Å². The van der Waals surface area contributed by atoms with Crippen LogP contribution < -0.4 is 0 Å². The lowest BCUT2D eigenvalue weighted by Gasteiger charge is -2.02. The molecule has 1 atom stereocenters. The van der Waals surface area contributed by atoms with Gasteiger partial charge in [0.2, 0.25) is 0 Å². The van der Waals surface area contributed by atoms with Crippen LogP contribution in [0.25, 0.3) is 0 Å². The molecule has 0 saturated carbocycles. The Morgan fingerprint density at radius 3 is 2.89 bits per heavy atom. The highest BCUT2D eigenvalue weighted by Crippen LogP contribution is 2.03. The second kappa shape index (κ2) is 5.93. The summed E-state index contributed by atoms with van der Waals surface area (Å²) in [4.78, 5) is 0. The molecule has 0 heterocycles. The third kappa shape index (κ3) is 5.67. The molecule has 2 nitrogen and oxygen atoms in total. The fourth-order valence-electron chi connectivity index (χ4n) is 0.418. The summed E-state index contributed by atoms with van der Waals surface area (Å²) in [5, 5.41) is 17.1. The normalized spacial score (nSPS) is 12.6. The van der Waals surface area contributed by atoms with E-state index in [1.54, 1.807) is 11.8 Å². The van der Waals surface area contributed by atoms with E-state index in [0.717, 1.165) is 5.75 Å². The zero-order valence-electron chi connectivity index (χ0n) is 5.50. The summed E-state index contributed by atoms with van der Waals surface area (Å²) in [7, 11) is 0. The number of thioether (sulfide) groups is 1. The van der Waals surface area contributed by atoms with Crippen LogP contribution >= 0.6 is 11.8 Å². The molecule has 9 heavy (non-hydrogen) atoms. The van der Waals surface area contributed by atoms with Gasteiger partial charge in [-0.25, -0.2) is 0 Å². The first-order valence-corrected chi connectivity index (χ1v) is 4.09. The Kier molecular flexibility index (Phi) is 5.80. The lowest BCUT2D eigenvalue weighted by Crippen LogP contribution is -2.08. The Morgan fingerprint density at radius 1 is 1.78 bits per heavy atom. The monoisotopic (exact) mass is 145 g/mol. The fourth-order valence-corrected chi connectivity index (χ4v) is 1.04. The SMILES string of the molecule is CCSCC(O)CC#N. The maximum absolute atomic E-state index is 8.94. The molecule has 1 unspecified atom stereocenters. The van der Waals surface area contributed by atoms with E-state index in [9.17, 15) is 0 Å². The fraction of sp³-hybridized carbons (Fsp3) is 0.833. The summed E-state index contributed by atoms with van der Waals surface area (Å²) in [5.41, 5.74) is 0. The number of aliphatic hydroxyl groups excluding tert-OH is 1. The predicted molar refractivity (Wildman–Crippen MR) is 39.2 cm³/mol. The van der Waals surface area contributed by atoms with Gasteiger partial charge in [-0.05, 0) is 5.75 Å². The molecule has 0 fully saturated rings. The summed E-state index contributed by atoms with van der Waals surface area (Å²) >= 11 is 1.66. The van der Waals surface area contributed by atoms with Gasteiger partial charge in [-0.2, -0.15) is 17.0 Å². The molecule has 0 saturated heterocycles. The Bertz CT molecular complexity index is 99.7. The highest BCUT2D eigenvalue weighted by molar-refractivity contribution is 7.99. The molecule has 0 aromatic rings. The molecule has 0 bridgehead atoms. The van der Waals surface area contributed by atoms with E-state index in [4.69, 9.17) is 10.4 Å². The number of hydrogen-bond acceptors (Lipinski definition) is 3. The summed E-state index contributed by atoms with van der Waals surface area (Å²) in [6.07, 6.45) is -0.174. The van der Waals surface area contributed by atoms with E-state index in [1.807, 2.05) is 13.0 Å². The minimum atomic E-state index is -0.431. The highest BCUT2D eigenvalue weighted by atomic mass is 32.2. The second-order valence-corrected chi connectivity index (χ2v) is 2.99. The molecule has 0 aromatic heterocycles. The van der Waals surface area contributed by atoms with Crippen LogP contribution in [0.1, 0.15) is 13.3 Å². The second-order valence-electron chi connectivity index (χ2n) is 1.68. The van der Waals surface area contributed by atoms with E-state index >= 15 is 0 Å². The van der Waals surface area contributed by atoms with Crippen LogP contribution in [0.4, 0.5) is 0 Å². The molecule has 0 amide bonds. The van der Waals surface area contributed by atoms with Crippen molar-refractivity contribution in [2.75, 3.05) is 11.5 Å². The minimum Gasteiger partial charge on any atom is -0.391 e. The number of nitriles is 1. The van der Waals surface area contributed by atoms with Gasteiger partial charge in [0.1, 0.15) is 0 Å². The molecule has 3 heteroatoms. The van der Waals surface area contributed by atoms with E-state index in [0.29, 0.717) is 5.75 Å². The Hall–Kier alpha value is -0.200. The largest absolute Gasteiger partial charge is 0.391 e. The van der Waals surface area contributed by atoms with Crippen molar-refractivity contribution in [3.05, 3.63) is 0 Å². The summed E-state index contributed by atoms with van der Waals surface area (Å²) in [6, 6.07) is 1.91. The topological polar surface area (TPSA) is 44.0 Å². The van der Waals surface area contributed by atoms with Gasteiger partial charge in [-0.15, -0.1) is 0 Å². The van der Waals surface area contributed by atoms with Crippen molar-refractivity contribution < 1.29 is 5.11 Å². The molecular formula is C6H11NOS. The molecule has 0 aliphatic carbocycles. The van der Waals surface area contributed by atoms with Crippen LogP contribution in [0.15, 0.2) is 0 Å². The smallest absolute Gasteiger partial charge is 0.0760 e. The van der Waals surface area contributed by atoms with Crippen molar-refractivity contribution in [3.63, 3.8) is 0 Å². The first-order valence-electron chi connectivity index (χ1n) is 2.94.